The summed E-state index contributed by atoms with van der Waals surface area (Å²) in [6.07, 6.45) is 2.50. The van der Waals surface area contributed by atoms with Crippen molar-refractivity contribution in [2.24, 2.45) is 5.92 Å². The van der Waals surface area contributed by atoms with Crippen LogP contribution in [0.25, 0.3) is 0 Å². The number of nitrogens with two attached hydrogens (primary N) is 1. The number of hydrogen-bond acceptors (Lipinski definition) is 3. The van der Waals surface area contributed by atoms with Gasteiger partial charge in [0.2, 0.25) is 0 Å². The van der Waals surface area contributed by atoms with Gasteiger partial charge >= 0.3 is 0 Å². The van der Waals surface area contributed by atoms with Crippen molar-refractivity contribution in [3.05, 3.63) is 23.8 Å². The first-order valence-corrected chi connectivity index (χ1v) is 6.17. The molecular weight excluding hydrogens is 238 g/mol. The molecule has 1 rings (SSSR count). The minimum atomic E-state index is -0.688. The van der Waals surface area contributed by atoms with E-state index in [1.165, 1.54) is 0 Å². The molecule has 18 heavy (non-hydrogen) atoms. The van der Waals surface area contributed by atoms with Gasteiger partial charge in [0.25, 0.3) is 0 Å². The molecule has 0 aliphatic carbocycles. The molecule has 0 amide bonds. The lowest BCUT2D eigenvalue weighted by molar-refractivity contribution is 0.255. The van der Waals surface area contributed by atoms with E-state index in [2.05, 4.69) is 5.32 Å². The lowest BCUT2D eigenvalue weighted by Crippen LogP contribution is -2.17. The van der Waals surface area contributed by atoms with Crippen molar-refractivity contribution in [3.63, 3.8) is 0 Å². The lowest BCUT2D eigenvalue weighted by atomic mass is 10.00. The third-order valence-electron chi connectivity index (χ3n) is 2.87. The Bertz CT molecular complexity index is 356. The quantitative estimate of drug-likeness (QED) is 0.659. The molecule has 0 spiro atoms. The zero-order valence-corrected chi connectivity index (χ0v) is 10.5. The number of nitrogens with one attached hydrogen (secondary N) is 1. The second-order valence-corrected chi connectivity index (χ2v) is 4.41. The van der Waals surface area contributed by atoms with Crippen molar-refractivity contribution in [2.45, 2.75) is 26.2 Å². The molecule has 0 aromatic heterocycles. The minimum Gasteiger partial charge on any atom is -0.399 e. The minimum absolute atomic E-state index is 0.0658. The Labute approximate surface area is 106 Å². The Morgan fingerprint density at radius 1 is 1.28 bits per heavy atom. The SMILES string of the molecule is CCCC(CCO)CNc1c(F)cc(N)cc1F. The lowest BCUT2D eigenvalue weighted by Gasteiger charge is -2.17. The molecule has 1 unspecified atom stereocenters. The number of aliphatic hydroxyl groups is 1. The summed E-state index contributed by atoms with van der Waals surface area (Å²) in [7, 11) is 0. The molecule has 0 aliphatic heterocycles. The smallest absolute Gasteiger partial charge is 0.151 e. The van der Waals surface area contributed by atoms with Gasteiger partial charge in [-0.25, -0.2) is 8.78 Å². The van der Waals surface area contributed by atoms with Crippen LogP contribution >= 0.6 is 0 Å². The predicted molar refractivity (Wildman–Crippen MR) is 69.4 cm³/mol. The van der Waals surface area contributed by atoms with Crippen LogP contribution in [0.3, 0.4) is 0 Å². The Morgan fingerprint density at radius 3 is 2.39 bits per heavy atom. The third-order valence-corrected chi connectivity index (χ3v) is 2.87. The molecule has 3 nitrogen and oxygen atoms in total. The van der Waals surface area contributed by atoms with Crippen molar-refractivity contribution >= 4 is 11.4 Å². The Balaban J connectivity index is 2.66. The van der Waals surface area contributed by atoms with E-state index in [-0.39, 0.29) is 23.9 Å². The largest absolute Gasteiger partial charge is 0.399 e. The summed E-state index contributed by atoms with van der Waals surface area (Å²) in [5.41, 5.74) is 5.25. The summed E-state index contributed by atoms with van der Waals surface area (Å²) < 4.78 is 27.0. The number of aliphatic hydroxyl groups excluding tert-OH is 1. The topological polar surface area (TPSA) is 58.3 Å². The van der Waals surface area contributed by atoms with Gasteiger partial charge in [-0.2, -0.15) is 0 Å². The number of hydrogen-bond donors (Lipinski definition) is 3. The zero-order chi connectivity index (χ0) is 13.5. The van der Waals surface area contributed by atoms with E-state index in [0.717, 1.165) is 25.0 Å². The first kappa shape index (κ1) is 14.7. The van der Waals surface area contributed by atoms with Crippen molar-refractivity contribution in [1.82, 2.24) is 0 Å². The number of anilines is 2. The van der Waals surface area contributed by atoms with Gasteiger partial charge in [0.05, 0.1) is 0 Å². The molecule has 1 atom stereocenters. The number of nitrogen functional groups attached to an aromatic ring is 1. The van der Waals surface area contributed by atoms with Crippen LogP contribution in [0.4, 0.5) is 20.2 Å². The highest BCUT2D eigenvalue weighted by Gasteiger charge is 2.13. The monoisotopic (exact) mass is 258 g/mol. The van der Waals surface area contributed by atoms with Crippen molar-refractivity contribution in [2.75, 3.05) is 24.2 Å². The molecule has 4 N–H and O–H groups in total. The number of rotatable bonds is 7. The molecule has 0 heterocycles. The summed E-state index contributed by atoms with van der Waals surface area (Å²) in [6.45, 7) is 2.56. The summed E-state index contributed by atoms with van der Waals surface area (Å²) in [5.74, 6) is -1.17. The van der Waals surface area contributed by atoms with E-state index < -0.39 is 11.6 Å². The van der Waals surface area contributed by atoms with Gasteiger partial charge in [-0.05, 0) is 30.9 Å². The maximum Gasteiger partial charge on any atom is 0.151 e. The fourth-order valence-electron chi connectivity index (χ4n) is 1.95. The Morgan fingerprint density at radius 2 is 1.89 bits per heavy atom. The van der Waals surface area contributed by atoms with Crippen LogP contribution in [0.5, 0.6) is 0 Å². The fourth-order valence-corrected chi connectivity index (χ4v) is 1.95. The van der Waals surface area contributed by atoms with Crippen LogP contribution < -0.4 is 11.1 Å². The van der Waals surface area contributed by atoms with Crippen LogP contribution in [-0.4, -0.2) is 18.3 Å². The molecule has 0 bridgehead atoms. The van der Waals surface area contributed by atoms with Gasteiger partial charge < -0.3 is 16.2 Å². The van der Waals surface area contributed by atoms with Gasteiger partial charge in [-0.15, -0.1) is 0 Å². The summed E-state index contributed by atoms with van der Waals surface area (Å²) in [5, 5.41) is 11.7. The molecule has 0 aliphatic rings. The summed E-state index contributed by atoms with van der Waals surface area (Å²) >= 11 is 0. The molecule has 0 fully saturated rings. The van der Waals surface area contributed by atoms with Crippen LogP contribution in [0.15, 0.2) is 12.1 Å². The Hall–Kier alpha value is -1.36. The molecule has 0 saturated carbocycles. The summed E-state index contributed by atoms with van der Waals surface area (Å²) in [4.78, 5) is 0. The van der Waals surface area contributed by atoms with E-state index in [4.69, 9.17) is 10.8 Å². The average molecular weight is 258 g/mol. The first-order chi connectivity index (χ1) is 8.58. The summed E-state index contributed by atoms with van der Waals surface area (Å²) in [6, 6.07) is 2.18. The second kappa shape index (κ2) is 7.16. The maximum absolute atomic E-state index is 13.5. The zero-order valence-electron chi connectivity index (χ0n) is 10.5. The fraction of sp³-hybridized carbons (Fsp3) is 0.538. The molecule has 102 valence electrons. The molecule has 1 aromatic carbocycles. The van der Waals surface area contributed by atoms with Crippen LogP contribution in [0.2, 0.25) is 0 Å². The van der Waals surface area contributed by atoms with E-state index in [9.17, 15) is 8.78 Å². The molecule has 0 radical (unpaired) electrons. The standard InChI is InChI=1S/C13H20F2N2O/c1-2-3-9(4-5-18)8-17-13-11(14)6-10(16)7-12(13)15/h6-7,9,17-18H,2-5,8,16H2,1H3. The molecule has 1 aromatic rings. The van der Waals surface area contributed by atoms with Crippen LogP contribution in [-0.2, 0) is 0 Å². The van der Waals surface area contributed by atoms with Gasteiger partial charge in [0.15, 0.2) is 11.6 Å². The van der Waals surface area contributed by atoms with Gasteiger partial charge in [0.1, 0.15) is 5.69 Å². The Kier molecular flexibility index (Phi) is 5.85. The first-order valence-electron chi connectivity index (χ1n) is 6.17. The third kappa shape index (κ3) is 4.14. The van der Waals surface area contributed by atoms with Gasteiger partial charge in [0, 0.05) is 18.8 Å². The van der Waals surface area contributed by atoms with E-state index in [1.54, 1.807) is 0 Å². The normalized spacial score (nSPS) is 12.4. The van der Waals surface area contributed by atoms with Crippen LogP contribution in [0.1, 0.15) is 26.2 Å². The molecular formula is C13H20F2N2O. The number of benzene rings is 1. The van der Waals surface area contributed by atoms with Crippen molar-refractivity contribution in [1.29, 1.82) is 0 Å². The van der Waals surface area contributed by atoms with Gasteiger partial charge in [-0.1, -0.05) is 13.3 Å². The van der Waals surface area contributed by atoms with Gasteiger partial charge in [-0.3, -0.25) is 0 Å². The van der Waals surface area contributed by atoms with Crippen molar-refractivity contribution in [3.8, 4) is 0 Å². The van der Waals surface area contributed by atoms with Crippen molar-refractivity contribution < 1.29 is 13.9 Å². The number of halogens is 2. The van der Waals surface area contributed by atoms with E-state index in [1.807, 2.05) is 6.92 Å². The highest BCUT2D eigenvalue weighted by molar-refractivity contribution is 5.54. The molecule has 5 heteroatoms. The van der Waals surface area contributed by atoms with E-state index >= 15 is 0 Å². The highest BCUT2D eigenvalue weighted by atomic mass is 19.1. The van der Waals surface area contributed by atoms with Crippen LogP contribution in [0, 0.1) is 17.6 Å². The predicted octanol–water partition coefficient (Wildman–Crippen LogP) is 2.76. The second-order valence-electron chi connectivity index (χ2n) is 4.41. The molecule has 0 saturated heterocycles. The van der Waals surface area contributed by atoms with E-state index in [0.29, 0.717) is 13.0 Å². The highest BCUT2D eigenvalue weighted by Crippen LogP contribution is 2.23. The average Bonchev–Trinajstić information content (AvgIpc) is 2.28. The maximum atomic E-state index is 13.5.